The monoisotopic (exact) mass is 276 g/mol. The van der Waals surface area contributed by atoms with E-state index in [0.717, 1.165) is 11.2 Å². The van der Waals surface area contributed by atoms with Crippen molar-refractivity contribution in [2.45, 2.75) is 14.8 Å². The summed E-state index contributed by atoms with van der Waals surface area (Å²) >= 11 is -0.191. The summed E-state index contributed by atoms with van der Waals surface area (Å²) < 4.78 is 1.47. The van der Waals surface area contributed by atoms with Crippen molar-refractivity contribution < 1.29 is 4.79 Å². The first-order chi connectivity index (χ1) is 5.04. The minimum absolute atomic E-state index is 0.867. The van der Waals surface area contributed by atoms with Crippen LogP contribution in [0.3, 0.4) is 0 Å². The summed E-state index contributed by atoms with van der Waals surface area (Å²) in [5.41, 5.74) is 0. The van der Waals surface area contributed by atoms with E-state index in [1.807, 2.05) is 6.07 Å². The van der Waals surface area contributed by atoms with Crippen molar-refractivity contribution >= 4 is 38.9 Å². The molecule has 1 nitrogen and oxygen atoms in total. The molecule has 0 saturated heterocycles. The van der Waals surface area contributed by atoms with Crippen molar-refractivity contribution in [1.82, 2.24) is 0 Å². The Hall–Kier alpha value is 0.169. The van der Waals surface area contributed by atoms with Gasteiger partial charge in [0.1, 0.15) is 0 Å². The molecule has 0 spiro atoms. The van der Waals surface area contributed by atoms with E-state index in [0.29, 0.717) is 0 Å². The maximum atomic E-state index is 10.4. The van der Waals surface area contributed by atoms with E-state index in [9.17, 15) is 4.79 Å². The third-order valence-corrected chi connectivity index (χ3v) is 12.0. The average Bonchev–Trinajstić information content (AvgIpc) is 2.32. The molecular formula is C8H12OSSn. The Balaban J connectivity index is 2.98. The van der Waals surface area contributed by atoms with Gasteiger partial charge >= 0.3 is 75.5 Å². The third-order valence-electron chi connectivity index (χ3n) is 1.48. The number of hydrogen-bond acceptors (Lipinski definition) is 2. The van der Waals surface area contributed by atoms with Crippen molar-refractivity contribution in [3.05, 3.63) is 17.0 Å². The quantitative estimate of drug-likeness (QED) is 0.596. The Morgan fingerprint density at radius 1 is 1.36 bits per heavy atom. The second kappa shape index (κ2) is 3.27. The van der Waals surface area contributed by atoms with Gasteiger partial charge in [-0.3, -0.25) is 0 Å². The second-order valence-corrected chi connectivity index (χ2v) is 20.1. The summed E-state index contributed by atoms with van der Waals surface area (Å²) in [6, 6.07) is 4.04. The Labute approximate surface area is 75.3 Å². The zero-order valence-electron chi connectivity index (χ0n) is 7.05. The molecule has 11 heavy (non-hydrogen) atoms. The molecule has 0 aliphatic carbocycles. The van der Waals surface area contributed by atoms with Crippen molar-refractivity contribution in [3.8, 4) is 0 Å². The molecule has 0 atom stereocenters. The van der Waals surface area contributed by atoms with Gasteiger partial charge in [0.25, 0.3) is 0 Å². The standard InChI is InChI=1S/C5H3OS.3CH3.Sn/c6-4-5-2-1-3-7-5;;;;/h1-2,4H;3*1H3;. The third kappa shape index (κ3) is 2.30. The summed E-state index contributed by atoms with van der Waals surface area (Å²) in [6.45, 7) is 0. The fourth-order valence-corrected chi connectivity index (χ4v) is 7.00. The molecule has 0 bridgehead atoms. The fraction of sp³-hybridized carbons (Fsp3) is 0.375. The molecule has 3 heteroatoms. The zero-order valence-corrected chi connectivity index (χ0v) is 10.7. The molecule has 0 saturated carbocycles. The summed E-state index contributed by atoms with van der Waals surface area (Å²) in [7, 11) is 0. The number of rotatable bonds is 2. The van der Waals surface area contributed by atoms with Crippen molar-refractivity contribution in [2.75, 3.05) is 0 Å². The fourth-order valence-electron chi connectivity index (χ4n) is 0.819. The van der Waals surface area contributed by atoms with Crippen LogP contribution < -0.4 is 2.89 Å². The molecule has 0 unspecified atom stereocenters. The van der Waals surface area contributed by atoms with Crippen LogP contribution in [0.25, 0.3) is 0 Å². The van der Waals surface area contributed by atoms with E-state index in [-0.39, 0.29) is 0 Å². The molecule has 0 aliphatic rings. The van der Waals surface area contributed by atoms with Gasteiger partial charge in [-0.15, -0.1) is 0 Å². The van der Waals surface area contributed by atoms with E-state index in [2.05, 4.69) is 20.9 Å². The number of aldehydes is 1. The van der Waals surface area contributed by atoms with Gasteiger partial charge in [0.2, 0.25) is 0 Å². The summed E-state index contributed by atoms with van der Waals surface area (Å²) in [5.74, 6) is 0. The number of hydrogen-bond donors (Lipinski definition) is 0. The van der Waals surface area contributed by atoms with Crippen LogP contribution in [0.15, 0.2) is 12.1 Å². The molecule has 0 aromatic carbocycles. The van der Waals surface area contributed by atoms with Crippen LogP contribution in [0.1, 0.15) is 9.67 Å². The van der Waals surface area contributed by atoms with Crippen molar-refractivity contribution in [1.29, 1.82) is 0 Å². The van der Waals surface area contributed by atoms with E-state index >= 15 is 0 Å². The first-order valence-electron chi connectivity index (χ1n) is 3.59. The van der Waals surface area contributed by atoms with Crippen LogP contribution in [-0.4, -0.2) is 24.7 Å². The summed E-state index contributed by atoms with van der Waals surface area (Å²) in [5, 5.41) is 0. The second-order valence-electron chi connectivity index (χ2n) is 3.57. The normalized spacial score (nSPS) is 11.5. The molecule has 0 aliphatic heterocycles. The van der Waals surface area contributed by atoms with Crippen LogP contribution in [0.2, 0.25) is 14.8 Å². The molecule has 0 fully saturated rings. The molecule has 1 heterocycles. The first kappa shape index (κ1) is 9.26. The molecule has 60 valence electrons. The molecule has 1 aromatic heterocycles. The Kier molecular flexibility index (Phi) is 2.75. The van der Waals surface area contributed by atoms with Gasteiger partial charge in [0, 0.05) is 0 Å². The molecular weight excluding hydrogens is 263 g/mol. The zero-order chi connectivity index (χ0) is 8.48. The minimum atomic E-state index is -1.86. The molecule has 0 N–H and O–H groups in total. The van der Waals surface area contributed by atoms with Crippen LogP contribution in [0, 0.1) is 0 Å². The van der Waals surface area contributed by atoms with Gasteiger partial charge in [-0.25, -0.2) is 0 Å². The Morgan fingerprint density at radius 3 is 2.27 bits per heavy atom. The van der Waals surface area contributed by atoms with Crippen molar-refractivity contribution in [3.63, 3.8) is 0 Å². The van der Waals surface area contributed by atoms with E-state index in [1.165, 1.54) is 2.89 Å². The van der Waals surface area contributed by atoms with Gasteiger partial charge in [0.05, 0.1) is 0 Å². The van der Waals surface area contributed by atoms with Crippen LogP contribution >= 0.6 is 11.3 Å². The average molecular weight is 275 g/mol. The Bertz CT molecular complexity index is 259. The first-order valence-corrected chi connectivity index (χ1v) is 14.4. The van der Waals surface area contributed by atoms with E-state index in [1.54, 1.807) is 11.3 Å². The predicted molar refractivity (Wildman–Crippen MR) is 52.7 cm³/mol. The molecule has 0 radical (unpaired) electrons. The SMILES string of the molecule is [CH3][Sn]([CH3])([CH3])[c]1ccc(C=O)s1. The molecule has 1 rings (SSSR count). The van der Waals surface area contributed by atoms with Gasteiger partial charge in [-0.2, -0.15) is 0 Å². The molecule has 0 amide bonds. The molecule has 1 aromatic rings. The van der Waals surface area contributed by atoms with Crippen molar-refractivity contribution in [2.24, 2.45) is 0 Å². The van der Waals surface area contributed by atoms with E-state index in [4.69, 9.17) is 0 Å². The Morgan fingerprint density at radius 2 is 2.00 bits per heavy atom. The van der Waals surface area contributed by atoms with Crippen LogP contribution in [-0.2, 0) is 0 Å². The van der Waals surface area contributed by atoms with Gasteiger partial charge in [-0.1, -0.05) is 0 Å². The number of carbonyl (C=O) groups excluding carboxylic acids is 1. The van der Waals surface area contributed by atoms with E-state index < -0.39 is 18.4 Å². The predicted octanol–water partition coefficient (Wildman–Crippen LogP) is 2.11. The van der Waals surface area contributed by atoms with Crippen LogP contribution in [0.4, 0.5) is 0 Å². The summed E-state index contributed by atoms with van der Waals surface area (Å²) in [6.07, 6.45) is 0.936. The number of carbonyl (C=O) groups is 1. The topological polar surface area (TPSA) is 17.1 Å². The summed E-state index contributed by atoms with van der Waals surface area (Å²) in [4.78, 5) is 18.3. The number of thiophene rings is 1. The van der Waals surface area contributed by atoms with Gasteiger partial charge in [0.15, 0.2) is 0 Å². The maximum absolute atomic E-state index is 10.4. The van der Waals surface area contributed by atoms with Crippen LogP contribution in [0.5, 0.6) is 0 Å². The van der Waals surface area contributed by atoms with Gasteiger partial charge in [-0.05, 0) is 0 Å². The van der Waals surface area contributed by atoms with Gasteiger partial charge < -0.3 is 0 Å².